The number of rotatable bonds is 9. The van der Waals surface area contributed by atoms with Gasteiger partial charge < -0.3 is 15.1 Å². The second kappa shape index (κ2) is 9.34. The maximum Gasteiger partial charge on any atom is 0.0485 e. The molecule has 1 aromatic carbocycles. The Balaban J connectivity index is 2.33. The highest BCUT2D eigenvalue weighted by Crippen LogP contribution is 2.20. The van der Waals surface area contributed by atoms with Crippen molar-refractivity contribution >= 4 is 21.6 Å². The van der Waals surface area contributed by atoms with Gasteiger partial charge in [0.05, 0.1) is 0 Å². The van der Waals surface area contributed by atoms with Crippen LogP contribution in [0.25, 0.3) is 0 Å². The van der Waals surface area contributed by atoms with Gasteiger partial charge in [0, 0.05) is 36.3 Å². The maximum absolute atomic E-state index is 3.56. The van der Waals surface area contributed by atoms with Crippen molar-refractivity contribution in [1.29, 1.82) is 0 Å². The van der Waals surface area contributed by atoms with Crippen molar-refractivity contribution in [3.8, 4) is 0 Å². The summed E-state index contributed by atoms with van der Waals surface area (Å²) in [6.45, 7) is 7.74. The third-order valence-electron chi connectivity index (χ3n) is 3.02. The second-order valence-electron chi connectivity index (χ2n) is 5.05. The molecule has 0 atom stereocenters. The Labute approximate surface area is 126 Å². The molecule has 1 N–H and O–H groups in total. The van der Waals surface area contributed by atoms with E-state index in [4.69, 9.17) is 0 Å². The van der Waals surface area contributed by atoms with Gasteiger partial charge in [-0.25, -0.2) is 0 Å². The molecular formula is C15H26BrN3. The Morgan fingerprint density at radius 2 is 1.79 bits per heavy atom. The number of hydrogen-bond acceptors (Lipinski definition) is 3. The monoisotopic (exact) mass is 327 g/mol. The molecule has 0 saturated heterocycles. The molecule has 0 saturated carbocycles. The lowest BCUT2D eigenvalue weighted by Gasteiger charge is -2.24. The summed E-state index contributed by atoms with van der Waals surface area (Å²) in [6.07, 6.45) is 1.21. The zero-order chi connectivity index (χ0) is 14.1. The molecule has 0 aliphatic carbocycles. The molecule has 1 rings (SSSR count). The van der Waals surface area contributed by atoms with Gasteiger partial charge in [-0.2, -0.15) is 0 Å². The number of halogens is 1. The van der Waals surface area contributed by atoms with E-state index in [0.29, 0.717) is 0 Å². The van der Waals surface area contributed by atoms with Crippen molar-refractivity contribution in [2.45, 2.75) is 13.3 Å². The van der Waals surface area contributed by atoms with Crippen molar-refractivity contribution < 1.29 is 0 Å². The summed E-state index contributed by atoms with van der Waals surface area (Å²) >= 11 is 3.56. The van der Waals surface area contributed by atoms with Gasteiger partial charge in [-0.05, 0) is 55.1 Å². The smallest absolute Gasteiger partial charge is 0.0485 e. The topological polar surface area (TPSA) is 18.5 Å². The Hall–Kier alpha value is -0.580. The quantitative estimate of drug-likeness (QED) is 0.751. The first kappa shape index (κ1) is 16.5. The average Bonchev–Trinajstić information content (AvgIpc) is 2.38. The number of likely N-dealkylation sites (N-methyl/N-ethyl adjacent to an activating group) is 1. The van der Waals surface area contributed by atoms with Crippen LogP contribution in [0.2, 0.25) is 0 Å². The van der Waals surface area contributed by atoms with Gasteiger partial charge in [-0.15, -0.1) is 0 Å². The number of nitrogens with one attached hydrogen (secondary N) is 1. The van der Waals surface area contributed by atoms with Crippen LogP contribution < -0.4 is 5.32 Å². The van der Waals surface area contributed by atoms with Crippen LogP contribution in [-0.4, -0.2) is 56.6 Å². The van der Waals surface area contributed by atoms with Crippen LogP contribution in [0.4, 0.5) is 5.69 Å². The fraction of sp³-hybridized carbons (Fsp3) is 0.600. The minimum Gasteiger partial charge on any atom is -0.383 e. The molecule has 108 valence electrons. The van der Waals surface area contributed by atoms with Crippen molar-refractivity contribution in [2.24, 2.45) is 0 Å². The van der Waals surface area contributed by atoms with Gasteiger partial charge >= 0.3 is 0 Å². The van der Waals surface area contributed by atoms with E-state index in [1.165, 1.54) is 18.7 Å². The third kappa shape index (κ3) is 6.95. The summed E-state index contributed by atoms with van der Waals surface area (Å²) in [5.41, 5.74) is 1.17. The molecule has 0 aliphatic heterocycles. The van der Waals surface area contributed by atoms with Crippen LogP contribution in [0.1, 0.15) is 13.3 Å². The molecule has 19 heavy (non-hydrogen) atoms. The van der Waals surface area contributed by atoms with E-state index >= 15 is 0 Å². The number of benzene rings is 1. The van der Waals surface area contributed by atoms with Crippen LogP contribution in [0, 0.1) is 0 Å². The van der Waals surface area contributed by atoms with Gasteiger partial charge in [-0.3, -0.25) is 0 Å². The molecule has 0 bridgehead atoms. The largest absolute Gasteiger partial charge is 0.383 e. The zero-order valence-electron chi connectivity index (χ0n) is 12.3. The maximum atomic E-state index is 3.56. The summed E-state index contributed by atoms with van der Waals surface area (Å²) in [5, 5.41) is 3.49. The molecule has 0 unspecified atom stereocenters. The van der Waals surface area contributed by atoms with E-state index in [1.807, 2.05) is 6.07 Å². The molecule has 1 aromatic rings. The van der Waals surface area contributed by atoms with Crippen LogP contribution in [0.5, 0.6) is 0 Å². The number of para-hydroxylation sites is 1. The molecule has 0 aromatic heterocycles. The first-order valence-electron chi connectivity index (χ1n) is 6.99. The van der Waals surface area contributed by atoms with Gasteiger partial charge in [0.25, 0.3) is 0 Å². The van der Waals surface area contributed by atoms with Crippen molar-refractivity contribution in [3.05, 3.63) is 28.7 Å². The van der Waals surface area contributed by atoms with Crippen molar-refractivity contribution in [3.63, 3.8) is 0 Å². The van der Waals surface area contributed by atoms with Crippen molar-refractivity contribution in [1.82, 2.24) is 9.80 Å². The normalized spacial score (nSPS) is 11.3. The highest BCUT2D eigenvalue weighted by atomic mass is 79.9. The highest BCUT2D eigenvalue weighted by Gasteiger charge is 2.04. The Bertz CT molecular complexity index is 355. The van der Waals surface area contributed by atoms with Crippen LogP contribution in [-0.2, 0) is 0 Å². The number of hydrogen-bond donors (Lipinski definition) is 1. The van der Waals surface area contributed by atoms with E-state index in [1.54, 1.807) is 0 Å². The predicted octanol–water partition coefficient (Wildman–Crippen LogP) is 3.13. The number of nitrogens with zero attached hydrogens (tertiary/aromatic N) is 2. The second-order valence-corrected chi connectivity index (χ2v) is 5.91. The van der Waals surface area contributed by atoms with Gasteiger partial charge in [0.15, 0.2) is 0 Å². The minimum atomic E-state index is 0.982. The highest BCUT2D eigenvalue weighted by molar-refractivity contribution is 9.10. The predicted molar refractivity (Wildman–Crippen MR) is 87.9 cm³/mol. The van der Waals surface area contributed by atoms with E-state index in [9.17, 15) is 0 Å². The summed E-state index contributed by atoms with van der Waals surface area (Å²) in [4.78, 5) is 4.76. The summed E-state index contributed by atoms with van der Waals surface area (Å²) in [7, 11) is 4.26. The van der Waals surface area contributed by atoms with E-state index in [-0.39, 0.29) is 0 Å². The van der Waals surface area contributed by atoms with Gasteiger partial charge in [0.1, 0.15) is 0 Å². The first-order chi connectivity index (χ1) is 9.13. The molecule has 3 nitrogen and oxygen atoms in total. The van der Waals surface area contributed by atoms with Gasteiger partial charge in [0.2, 0.25) is 0 Å². The van der Waals surface area contributed by atoms with E-state index in [2.05, 4.69) is 70.3 Å². The van der Waals surface area contributed by atoms with Crippen LogP contribution in [0.15, 0.2) is 28.7 Å². The van der Waals surface area contributed by atoms with Crippen molar-refractivity contribution in [2.75, 3.05) is 52.1 Å². The molecule has 0 aliphatic rings. The van der Waals surface area contributed by atoms with E-state index < -0.39 is 0 Å². The summed E-state index contributed by atoms with van der Waals surface area (Å²) < 4.78 is 1.13. The van der Waals surface area contributed by atoms with Crippen LogP contribution in [0.3, 0.4) is 0 Å². The molecule has 0 fully saturated rings. The lowest BCUT2D eigenvalue weighted by Crippen LogP contribution is -2.35. The minimum absolute atomic E-state index is 0.982. The molecular weight excluding hydrogens is 302 g/mol. The van der Waals surface area contributed by atoms with Gasteiger partial charge in [-0.1, -0.05) is 19.1 Å². The SMILES string of the molecule is CCCN(CCNc1ccccc1Br)CCN(C)C. The Morgan fingerprint density at radius 1 is 1.05 bits per heavy atom. The Morgan fingerprint density at radius 3 is 2.42 bits per heavy atom. The lowest BCUT2D eigenvalue weighted by atomic mass is 10.3. The Kier molecular flexibility index (Phi) is 8.10. The molecule has 0 amide bonds. The fourth-order valence-electron chi connectivity index (χ4n) is 1.95. The molecule has 0 radical (unpaired) electrons. The van der Waals surface area contributed by atoms with E-state index in [0.717, 1.165) is 30.7 Å². The molecule has 0 spiro atoms. The third-order valence-corrected chi connectivity index (χ3v) is 3.71. The summed E-state index contributed by atoms with van der Waals surface area (Å²) in [5.74, 6) is 0. The van der Waals surface area contributed by atoms with Crippen LogP contribution >= 0.6 is 15.9 Å². The first-order valence-corrected chi connectivity index (χ1v) is 7.78. The zero-order valence-corrected chi connectivity index (χ0v) is 13.9. The lowest BCUT2D eigenvalue weighted by molar-refractivity contribution is 0.248. The molecule has 4 heteroatoms. The average molecular weight is 328 g/mol. The fourth-order valence-corrected chi connectivity index (χ4v) is 2.37. The molecule has 0 heterocycles. The number of anilines is 1. The summed E-state index contributed by atoms with van der Waals surface area (Å²) in [6, 6.07) is 8.27. The standard InChI is InChI=1S/C15H26BrN3/c1-4-10-19(13-12-18(2)3)11-9-17-15-8-6-5-7-14(15)16/h5-8,17H,4,9-13H2,1-3H3.